The second-order valence-electron chi connectivity index (χ2n) is 7.17. The molecule has 158 valence electrons. The monoisotopic (exact) mass is 411 g/mol. The summed E-state index contributed by atoms with van der Waals surface area (Å²) in [5, 5.41) is 2.89. The Morgan fingerprint density at radius 3 is 2.73 bits per heavy atom. The van der Waals surface area contributed by atoms with Gasteiger partial charge in [0, 0.05) is 24.8 Å². The van der Waals surface area contributed by atoms with Crippen molar-refractivity contribution in [3.63, 3.8) is 0 Å². The lowest BCUT2D eigenvalue weighted by Gasteiger charge is -2.38. The lowest BCUT2D eigenvalue weighted by Crippen LogP contribution is -2.53. The number of ether oxygens (including phenoxy) is 3. The fourth-order valence-electron chi connectivity index (χ4n) is 3.65. The first-order chi connectivity index (χ1) is 14.6. The number of fused-ring (bicyclic) bond motifs is 1. The van der Waals surface area contributed by atoms with Crippen molar-refractivity contribution in [1.29, 1.82) is 0 Å². The lowest BCUT2D eigenvalue weighted by molar-refractivity contribution is -0.142. The normalized spacial score (nSPS) is 18.2. The van der Waals surface area contributed by atoms with Crippen molar-refractivity contribution >= 4 is 23.2 Å². The molecular weight excluding hydrogens is 386 g/mol. The van der Waals surface area contributed by atoms with Gasteiger partial charge in [0.25, 0.3) is 5.91 Å². The third-order valence-electron chi connectivity index (χ3n) is 5.15. The molecule has 0 aliphatic carbocycles. The first-order valence-corrected chi connectivity index (χ1v) is 9.95. The number of benzene rings is 2. The molecule has 1 N–H and O–H groups in total. The van der Waals surface area contributed by atoms with Gasteiger partial charge in [0.05, 0.1) is 39.1 Å². The fourth-order valence-corrected chi connectivity index (χ4v) is 3.65. The van der Waals surface area contributed by atoms with Crippen LogP contribution in [-0.4, -0.2) is 69.3 Å². The number of anilines is 2. The summed E-state index contributed by atoms with van der Waals surface area (Å²) in [5.41, 5.74) is 1.45. The summed E-state index contributed by atoms with van der Waals surface area (Å²) in [7, 11) is 1.58. The van der Waals surface area contributed by atoms with Crippen LogP contribution >= 0.6 is 0 Å². The Morgan fingerprint density at radius 2 is 1.93 bits per heavy atom. The van der Waals surface area contributed by atoms with Crippen LogP contribution in [0.15, 0.2) is 48.5 Å². The first-order valence-electron chi connectivity index (χ1n) is 9.95. The van der Waals surface area contributed by atoms with Gasteiger partial charge < -0.3 is 29.3 Å². The summed E-state index contributed by atoms with van der Waals surface area (Å²) in [6.45, 7) is 2.57. The number of hydrogen-bond donors (Lipinski definition) is 1. The van der Waals surface area contributed by atoms with Crippen LogP contribution in [0.5, 0.6) is 11.5 Å². The van der Waals surface area contributed by atoms with Crippen LogP contribution in [0.25, 0.3) is 0 Å². The Balaban J connectivity index is 1.48. The molecule has 2 aliphatic rings. The van der Waals surface area contributed by atoms with Crippen LogP contribution < -0.4 is 19.7 Å². The van der Waals surface area contributed by atoms with Crippen LogP contribution in [0.3, 0.4) is 0 Å². The zero-order chi connectivity index (χ0) is 20.9. The summed E-state index contributed by atoms with van der Waals surface area (Å²) in [6.07, 6.45) is -0.664. The number of para-hydroxylation sites is 2. The highest BCUT2D eigenvalue weighted by Crippen LogP contribution is 2.33. The molecule has 8 heteroatoms. The number of hydrogen-bond acceptors (Lipinski definition) is 6. The van der Waals surface area contributed by atoms with Gasteiger partial charge in [-0.2, -0.15) is 0 Å². The van der Waals surface area contributed by atoms with Gasteiger partial charge in [-0.05, 0) is 24.3 Å². The number of rotatable bonds is 5. The number of nitrogens with one attached hydrogen (secondary N) is 1. The molecule has 1 fully saturated rings. The van der Waals surface area contributed by atoms with E-state index in [2.05, 4.69) is 5.32 Å². The molecule has 0 unspecified atom stereocenters. The average Bonchev–Trinajstić information content (AvgIpc) is 2.79. The molecule has 2 aromatic rings. The highest BCUT2D eigenvalue weighted by molar-refractivity contribution is 5.95. The van der Waals surface area contributed by atoms with Gasteiger partial charge in [-0.25, -0.2) is 0 Å². The Kier molecular flexibility index (Phi) is 6.04. The molecule has 1 saturated heterocycles. The van der Waals surface area contributed by atoms with Crippen LogP contribution in [0.4, 0.5) is 11.4 Å². The quantitative estimate of drug-likeness (QED) is 0.808. The second kappa shape index (κ2) is 9.04. The third-order valence-corrected chi connectivity index (χ3v) is 5.15. The summed E-state index contributed by atoms with van der Waals surface area (Å²) in [6, 6.07) is 14.7. The van der Waals surface area contributed by atoms with Gasteiger partial charge in [-0.3, -0.25) is 9.59 Å². The molecule has 4 rings (SSSR count). The number of carbonyl (C=O) groups excluding carboxylic acids is 2. The van der Waals surface area contributed by atoms with E-state index in [1.165, 1.54) is 0 Å². The Bertz CT molecular complexity index is 913. The zero-order valence-corrected chi connectivity index (χ0v) is 16.9. The van der Waals surface area contributed by atoms with Crippen molar-refractivity contribution in [1.82, 2.24) is 4.90 Å². The van der Waals surface area contributed by atoms with E-state index in [1.54, 1.807) is 24.1 Å². The van der Waals surface area contributed by atoms with Crippen molar-refractivity contribution in [2.45, 2.75) is 6.10 Å². The predicted octanol–water partition coefficient (Wildman–Crippen LogP) is 1.76. The van der Waals surface area contributed by atoms with Crippen molar-refractivity contribution < 1.29 is 23.8 Å². The average molecular weight is 411 g/mol. The highest BCUT2D eigenvalue weighted by Gasteiger charge is 2.34. The predicted molar refractivity (Wildman–Crippen MR) is 112 cm³/mol. The Labute approximate surface area is 175 Å². The Morgan fingerprint density at radius 1 is 1.13 bits per heavy atom. The molecule has 8 nitrogen and oxygen atoms in total. The van der Waals surface area contributed by atoms with Crippen LogP contribution in [0.1, 0.15) is 0 Å². The van der Waals surface area contributed by atoms with Crippen LogP contribution in [0.2, 0.25) is 0 Å². The minimum atomic E-state index is -0.664. The van der Waals surface area contributed by atoms with Gasteiger partial charge in [-0.15, -0.1) is 0 Å². The number of carbonyl (C=O) groups is 2. The first kappa shape index (κ1) is 20.0. The van der Waals surface area contributed by atoms with Crippen LogP contribution in [0, 0.1) is 0 Å². The maximum absolute atomic E-state index is 13.0. The van der Waals surface area contributed by atoms with E-state index < -0.39 is 6.10 Å². The number of morpholine rings is 1. The molecule has 2 amide bonds. The van der Waals surface area contributed by atoms with Crippen molar-refractivity contribution in [3.05, 3.63) is 48.5 Å². The molecule has 1 atom stereocenters. The molecule has 2 aromatic carbocycles. The zero-order valence-electron chi connectivity index (χ0n) is 16.9. The van der Waals surface area contributed by atoms with E-state index in [9.17, 15) is 9.59 Å². The van der Waals surface area contributed by atoms with Gasteiger partial charge >= 0.3 is 0 Å². The second-order valence-corrected chi connectivity index (χ2v) is 7.17. The molecule has 30 heavy (non-hydrogen) atoms. The van der Waals surface area contributed by atoms with Crippen molar-refractivity contribution in [2.24, 2.45) is 0 Å². The molecule has 0 aromatic heterocycles. The standard InChI is InChI=1S/C22H25N3O5/c1-28-17-6-4-5-16(13-17)23-21(26)15-25-14-20(22(27)24-9-11-29-12-10-24)30-19-8-3-2-7-18(19)25/h2-8,13,20H,9-12,14-15H2,1H3,(H,23,26)/t20-/m1/s1. The summed E-state index contributed by atoms with van der Waals surface area (Å²) in [4.78, 5) is 29.3. The molecular formula is C22H25N3O5. The maximum Gasteiger partial charge on any atom is 0.265 e. The summed E-state index contributed by atoms with van der Waals surface area (Å²) >= 11 is 0. The lowest BCUT2D eigenvalue weighted by atomic mass is 10.1. The van der Waals surface area contributed by atoms with E-state index in [4.69, 9.17) is 14.2 Å². The molecule has 0 spiro atoms. The van der Waals surface area contributed by atoms with E-state index in [0.717, 1.165) is 5.69 Å². The molecule has 2 heterocycles. The highest BCUT2D eigenvalue weighted by atomic mass is 16.5. The van der Waals surface area contributed by atoms with E-state index in [-0.39, 0.29) is 18.4 Å². The van der Waals surface area contributed by atoms with Crippen molar-refractivity contribution in [3.8, 4) is 11.5 Å². The maximum atomic E-state index is 13.0. The summed E-state index contributed by atoms with van der Waals surface area (Å²) in [5.74, 6) is 1.01. The van der Waals surface area contributed by atoms with Gasteiger partial charge in [0.15, 0.2) is 6.10 Å². The topological polar surface area (TPSA) is 80.3 Å². The van der Waals surface area contributed by atoms with Gasteiger partial charge in [0.1, 0.15) is 11.5 Å². The van der Waals surface area contributed by atoms with E-state index >= 15 is 0 Å². The van der Waals surface area contributed by atoms with Crippen LogP contribution in [-0.2, 0) is 14.3 Å². The van der Waals surface area contributed by atoms with Gasteiger partial charge in [-0.1, -0.05) is 18.2 Å². The van der Waals surface area contributed by atoms with E-state index in [1.807, 2.05) is 41.3 Å². The minimum Gasteiger partial charge on any atom is -0.497 e. The smallest absolute Gasteiger partial charge is 0.265 e. The van der Waals surface area contributed by atoms with Crippen molar-refractivity contribution in [2.75, 3.05) is 56.7 Å². The number of nitrogens with zero attached hydrogens (tertiary/aromatic N) is 2. The summed E-state index contributed by atoms with van der Waals surface area (Å²) < 4.78 is 16.5. The number of methoxy groups -OCH3 is 1. The molecule has 2 aliphatic heterocycles. The number of amides is 2. The van der Waals surface area contributed by atoms with E-state index in [0.29, 0.717) is 50.0 Å². The minimum absolute atomic E-state index is 0.0778. The third kappa shape index (κ3) is 4.49. The SMILES string of the molecule is COc1cccc(NC(=O)CN2C[C@H](C(=O)N3CCOCC3)Oc3ccccc32)c1. The Hall–Kier alpha value is -3.26. The molecule has 0 bridgehead atoms. The largest absolute Gasteiger partial charge is 0.497 e. The fraction of sp³-hybridized carbons (Fsp3) is 0.364. The molecule has 0 saturated carbocycles. The molecule has 0 radical (unpaired) electrons. The van der Waals surface area contributed by atoms with Gasteiger partial charge in [0.2, 0.25) is 5.91 Å².